The summed E-state index contributed by atoms with van der Waals surface area (Å²) in [4.78, 5) is 0. The van der Waals surface area contributed by atoms with E-state index in [9.17, 15) is 5.11 Å². The van der Waals surface area contributed by atoms with Crippen LogP contribution in [0.2, 0.25) is 0 Å². The van der Waals surface area contributed by atoms with Crippen LogP contribution in [0.15, 0.2) is 36.9 Å². The molecule has 3 heteroatoms. The van der Waals surface area contributed by atoms with E-state index >= 15 is 0 Å². The number of methoxy groups -OCH3 is 1. The lowest BCUT2D eigenvalue weighted by atomic mass is 10.1. The number of aliphatic hydroxyl groups is 1. The first-order valence-electron chi connectivity index (χ1n) is 4.91. The summed E-state index contributed by atoms with van der Waals surface area (Å²) >= 11 is 0. The Kier molecular flexibility index (Phi) is 4.87. The first-order valence-corrected chi connectivity index (χ1v) is 4.91. The van der Waals surface area contributed by atoms with Gasteiger partial charge in [0.15, 0.2) is 0 Å². The Morgan fingerprint density at radius 2 is 2.40 bits per heavy atom. The Labute approximate surface area is 90.4 Å². The van der Waals surface area contributed by atoms with Crippen molar-refractivity contribution >= 4 is 0 Å². The molecule has 0 bridgehead atoms. The van der Waals surface area contributed by atoms with E-state index in [2.05, 4.69) is 11.9 Å². The van der Waals surface area contributed by atoms with E-state index in [4.69, 9.17) is 4.74 Å². The van der Waals surface area contributed by atoms with Crippen molar-refractivity contribution in [2.45, 2.75) is 6.10 Å². The van der Waals surface area contributed by atoms with Crippen LogP contribution in [0.1, 0.15) is 11.7 Å². The summed E-state index contributed by atoms with van der Waals surface area (Å²) in [6.07, 6.45) is 1.25. The van der Waals surface area contributed by atoms with Gasteiger partial charge in [0, 0.05) is 13.1 Å². The summed E-state index contributed by atoms with van der Waals surface area (Å²) in [6.45, 7) is 4.80. The van der Waals surface area contributed by atoms with Crippen LogP contribution in [0, 0.1) is 0 Å². The van der Waals surface area contributed by atoms with Gasteiger partial charge in [-0.05, 0) is 17.7 Å². The fraction of sp³-hybridized carbons (Fsp3) is 0.333. The van der Waals surface area contributed by atoms with Crippen LogP contribution in [0.25, 0.3) is 0 Å². The van der Waals surface area contributed by atoms with Gasteiger partial charge in [-0.3, -0.25) is 0 Å². The Balaban J connectivity index is 2.56. The molecule has 0 radical (unpaired) electrons. The zero-order valence-electron chi connectivity index (χ0n) is 8.94. The highest BCUT2D eigenvalue weighted by Gasteiger charge is 2.06. The highest BCUT2D eigenvalue weighted by atomic mass is 16.5. The van der Waals surface area contributed by atoms with Crippen LogP contribution in [-0.2, 0) is 0 Å². The van der Waals surface area contributed by atoms with Gasteiger partial charge in [0.1, 0.15) is 5.75 Å². The monoisotopic (exact) mass is 207 g/mol. The second kappa shape index (κ2) is 6.22. The normalized spacial score (nSPS) is 12.1. The van der Waals surface area contributed by atoms with Crippen LogP contribution in [0.3, 0.4) is 0 Å². The van der Waals surface area contributed by atoms with Crippen molar-refractivity contribution in [1.29, 1.82) is 0 Å². The number of hydrogen-bond donors (Lipinski definition) is 2. The lowest BCUT2D eigenvalue weighted by Crippen LogP contribution is -2.21. The first kappa shape index (κ1) is 11.8. The van der Waals surface area contributed by atoms with E-state index in [-0.39, 0.29) is 0 Å². The predicted molar refractivity (Wildman–Crippen MR) is 61.0 cm³/mol. The highest BCUT2D eigenvalue weighted by Crippen LogP contribution is 2.18. The van der Waals surface area contributed by atoms with Gasteiger partial charge >= 0.3 is 0 Å². The molecule has 0 spiro atoms. The van der Waals surface area contributed by atoms with Gasteiger partial charge in [0.2, 0.25) is 0 Å². The predicted octanol–water partition coefficient (Wildman–Crippen LogP) is 1.50. The molecular formula is C12H17NO2. The van der Waals surface area contributed by atoms with Gasteiger partial charge in [-0.2, -0.15) is 0 Å². The van der Waals surface area contributed by atoms with Gasteiger partial charge < -0.3 is 15.2 Å². The molecule has 15 heavy (non-hydrogen) atoms. The zero-order chi connectivity index (χ0) is 11.1. The molecule has 0 amide bonds. The van der Waals surface area contributed by atoms with Gasteiger partial charge in [-0.1, -0.05) is 18.2 Å². The van der Waals surface area contributed by atoms with Crippen molar-refractivity contribution in [1.82, 2.24) is 5.32 Å². The molecule has 0 fully saturated rings. The van der Waals surface area contributed by atoms with Crippen LogP contribution in [-0.4, -0.2) is 25.3 Å². The maximum absolute atomic E-state index is 9.81. The summed E-state index contributed by atoms with van der Waals surface area (Å²) < 4.78 is 5.08. The van der Waals surface area contributed by atoms with E-state index in [0.717, 1.165) is 11.3 Å². The smallest absolute Gasteiger partial charge is 0.119 e. The molecule has 0 aliphatic heterocycles. The van der Waals surface area contributed by atoms with Crippen LogP contribution in [0.5, 0.6) is 5.75 Å². The number of nitrogens with one attached hydrogen (secondary N) is 1. The fourth-order valence-corrected chi connectivity index (χ4v) is 1.29. The molecule has 3 nitrogen and oxygen atoms in total. The molecule has 1 aromatic rings. The lowest BCUT2D eigenvalue weighted by Gasteiger charge is -2.12. The van der Waals surface area contributed by atoms with E-state index in [1.165, 1.54) is 0 Å². The van der Waals surface area contributed by atoms with E-state index in [1.807, 2.05) is 24.3 Å². The standard InChI is InChI=1S/C12H17NO2/c1-3-7-13-9-12(14)10-5-4-6-11(8-10)15-2/h3-6,8,12-14H,1,7,9H2,2H3/t12-/m0/s1. The number of hydrogen-bond acceptors (Lipinski definition) is 3. The van der Waals surface area contributed by atoms with Crippen LogP contribution >= 0.6 is 0 Å². The van der Waals surface area contributed by atoms with Gasteiger partial charge in [-0.25, -0.2) is 0 Å². The number of benzene rings is 1. The lowest BCUT2D eigenvalue weighted by molar-refractivity contribution is 0.176. The van der Waals surface area contributed by atoms with Gasteiger partial charge in [-0.15, -0.1) is 6.58 Å². The van der Waals surface area contributed by atoms with Gasteiger partial charge in [0.25, 0.3) is 0 Å². The van der Waals surface area contributed by atoms with Crippen molar-refractivity contribution < 1.29 is 9.84 Å². The summed E-state index contributed by atoms with van der Waals surface area (Å²) in [7, 11) is 1.61. The Bertz CT molecular complexity index is 312. The number of rotatable bonds is 6. The maximum atomic E-state index is 9.81. The van der Waals surface area contributed by atoms with Crippen molar-refractivity contribution in [2.24, 2.45) is 0 Å². The van der Waals surface area contributed by atoms with Crippen molar-refractivity contribution in [3.63, 3.8) is 0 Å². The average Bonchev–Trinajstić information content (AvgIpc) is 2.29. The first-order chi connectivity index (χ1) is 7.27. The number of ether oxygens (including phenoxy) is 1. The molecular weight excluding hydrogens is 190 g/mol. The molecule has 82 valence electrons. The molecule has 0 heterocycles. The van der Waals surface area contributed by atoms with Crippen molar-refractivity contribution in [2.75, 3.05) is 20.2 Å². The minimum absolute atomic E-state index is 0.513. The molecule has 0 saturated heterocycles. The minimum Gasteiger partial charge on any atom is -0.497 e. The second-order valence-corrected chi connectivity index (χ2v) is 3.24. The zero-order valence-corrected chi connectivity index (χ0v) is 8.94. The SMILES string of the molecule is C=CCNC[C@H](O)c1cccc(OC)c1. The third-order valence-corrected chi connectivity index (χ3v) is 2.10. The minimum atomic E-state index is -0.514. The molecule has 0 unspecified atom stereocenters. The van der Waals surface area contributed by atoms with E-state index in [0.29, 0.717) is 13.1 Å². The van der Waals surface area contributed by atoms with Crippen LogP contribution < -0.4 is 10.1 Å². The third kappa shape index (κ3) is 3.73. The largest absolute Gasteiger partial charge is 0.497 e. The summed E-state index contributed by atoms with van der Waals surface area (Å²) in [5.74, 6) is 0.760. The summed E-state index contributed by atoms with van der Waals surface area (Å²) in [5, 5.41) is 12.9. The number of aliphatic hydroxyl groups excluding tert-OH is 1. The molecule has 0 aliphatic rings. The average molecular weight is 207 g/mol. The molecule has 0 aliphatic carbocycles. The highest BCUT2D eigenvalue weighted by molar-refractivity contribution is 5.29. The van der Waals surface area contributed by atoms with Gasteiger partial charge in [0.05, 0.1) is 13.2 Å². The fourth-order valence-electron chi connectivity index (χ4n) is 1.29. The Morgan fingerprint density at radius 3 is 3.07 bits per heavy atom. The van der Waals surface area contributed by atoms with Crippen LogP contribution in [0.4, 0.5) is 0 Å². The summed E-state index contributed by atoms with van der Waals surface area (Å²) in [5.41, 5.74) is 0.853. The Morgan fingerprint density at radius 1 is 1.60 bits per heavy atom. The molecule has 0 aromatic heterocycles. The van der Waals surface area contributed by atoms with E-state index < -0.39 is 6.10 Å². The van der Waals surface area contributed by atoms with Crippen molar-refractivity contribution in [3.05, 3.63) is 42.5 Å². The molecule has 0 saturated carbocycles. The maximum Gasteiger partial charge on any atom is 0.119 e. The molecule has 1 atom stereocenters. The second-order valence-electron chi connectivity index (χ2n) is 3.24. The molecule has 2 N–H and O–H groups in total. The third-order valence-electron chi connectivity index (χ3n) is 2.10. The van der Waals surface area contributed by atoms with Crippen molar-refractivity contribution in [3.8, 4) is 5.75 Å². The Hall–Kier alpha value is -1.32. The molecule has 1 rings (SSSR count). The topological polar surface area (TPSA) is 41.5 Å². The quantitative estimate of drug-likeness (QED) is 0.548. The summed E-state index contributed by atoms with van der Waals surface area (Å²) in [6, 6.07) is 7.43. The molecule has 1 aromatic carbocycles. The van der Waals surface area contributed by atoms with E-state index in [1.54, 1.807) is 13.2 Å².